The van der Waals surface area contributed by atoms with Crippen molar-refractivity contribution in [2.24, 2.45) is 0 Å². The first-order valence-electron chi connectivity index (χ1n) is 4.61. The molecule has 0 unspecified atom stereocenters. The molecule has 13 heavy (non-hydrogen) atoms. The van der Waals surface area contributed by atoms with Crippen molar-refractivity contribution in [3.63, 3.8) is 0 Å². The van der Waals surface area contributed by atoms with Gasteiger partial charge < -0.3 is 4.74 Å². The molecule has 0 amide bonds. The molecule has 2 rings (SSSR count). The van der Waals surface area contributed by atoms with Crippen molar-refractivity contribution in [1.82, 2.24) is 4.98 Å². The van der Waals surface area contributed by atoms with E-state index in [9.17, 15) is 4.39 Å². The Balaban J connectivity index is 2.27. The Bertz CT molecular complexity index is 310. The summed E-state index contributed by atoms with van der Waals surface area (Å²) in [6.07, 6.45) is 4.56. The molecule has 0 radical (unpaired) electrons. The van der Waals surface area contributed by atoms with Gasteiger partial charge >= 0.3 is 0 Å². The molecule has 0 aromatic carbocycles. The van der Waals surface area contributed by atoms with E-state index in [2.05, 4.69) is 4.98 Å². The Morgan fingerprint density at radius 3 is 3.00 bits per heavy atom. The Kier molecular flexibility index (Phi) is 2.17. The second-order valence-electron chi connectivity index (χ2n) is 3.26. The molecule has 0 N–H and O–H groups in total. The first kappa shape index (κ1) is 8.48. The van der Waals surface area contributed by atoms with Crippen molar-refractivity contribution in [2.45, 2.75) is 32.3 Å². The lowest BCUT2D eigenvalue weighted by molar-refractivity contribution is 0.280. The van der Waals surface area contributed by atoms with Crippen LogP contribution in [0.1, 0.15) is 25.3 Å². The van der Waals surface area contributed by atoms with Gasteiger partial charge in [0, 0.05) is 11.8 Å². The van der Waals surface area contributed by atoms with Crippen LogP contribution >= 0.6 is 0 Å². The Labute approximate surface area is 76.7 Å². The summed E-state index contributed by atoms with van der Waals surface area (Å²) in [6, 6.07) is 1.81. The van der Waals surface area contributed by atoms with E-state index < -0.39 is 5.95 Å². The molecular weight excluding hydrogens is 169 g/mol. The molecule has 1 saturated carbocycles. The average Bonchev–Trinajstić information content (AvgIpc) is 2.92. The number of aryl methyl sites for hydroxylation is 1. The van der Waals surface area contributed by atoms with Crippen LogP contribution in [0.25, 0.3) is 0 Å². The van der Waals surface area contributed by atoms with Crippen molar-refractivity contribution in [3.05, 3.63) is 23.8 Å². The van der Waals surface area contributed by atoms with Crippen molar-refractivity contribution >= 4 is 0 Å². The lowest BCUT2D eigenvalue weighted by atomic mass is 10.2. The molecule has 1 aromatic rings. The van der Waals surface area contributed by atoms with Crippen molar-refractivity contribution in [1.29, 1.82) is 0 Å². The summed E-state index contributed by atoms with van der Waals surface area (Å²) in [7, 11) is 0. The zero-order valence-corrected chi connectivity index (χ0v) is 7.59. The number of hydrogen-bond acceptors (Lipinski definition) is 2. The van der Waals surface area contributed by atoms with Gasteiger partial charge in [-0.05, 0) is 25.3 Å². The SMILES string of the molecule is CCc1ccnc(F)c1OC1CC1. The van der Waals surface area contributed by atoms with Gasteiger partial charge in [-0.3, -0.25) is 0 Å². The molecule has 0 atom stereocenters. The van der Waals surface area contributed by atoms with E-state index in [4.69, 9.17) is 4.74 Å². The third kappa shape index (κ3) is 1.79. The molecule has 0 aliphatic heterocycles. The van der Waals surface area contributed by atoms with Crippen molar-refractivity contribution in [3.8, 4) is 5.75 Å². The van der Waals surface area contributed by atoms with Crippen LogP contribution in [-0.2, 0) is 6.42 Å². The first-order valence-corrected chi connectivity index (χ1v) is 4.61. The summed E-state index contributed by atoms with van der Waals surface area (Å²) in [5, 5.41) is 0. The maximum atomic E-state index is 13.2. The third-order valence-corrected chi connectivity index (χ3v) is 2.13. The summed E-state index contributed by atoms with van der Waals surface area (Å²) in [5.74, 6) is -0.126. The van der Waals surface area contributed by atoms with Gasteiger partial charge in [-0.1, -0.05) is 6.92 Å². The fraction of sp³-hybridized carbons (Fsp3) is 0.500. The number of hydrogen-bond donors (Lipinski definition) is 0. The fourth-order valence-corrected chi connectivity index (χ4v) is 1.21. The predicted molar refractivity (Wildman–Crippen MR) is 47.2 cm³/mol. The van der Waals surface area contributed by atoms with Crippen LogP contribution in [0, 0.1) is 5.95 Å². The minimum absolute atomic E-state index is 0.226. The molecular formula is C10H12FNO. The lowest BCUT2D eigenvalue weighted by Crippen LogP contribution is -2.03. The minimum Gasteiger partial charge on any atom is -0.485 e. The molecule has 3 heteroatoms. The summed E-state index contributed by atoms with van der Waals surface area (Å²) in [4.78, 5) is 3.58. The Hall–Kier alpha value is -1.12. The third-order valence-electron chi connectivity index (χ3n) is 2.13. The van der Waals surface area contributed by atoms with E-state index in [1.807, 2.05) is 6.92 Å². The van der Waals surface area contributed by atoms with E-state index in [0.29, 0.717) is 5.75 Å². The molecule has 1 aromatic heterocycles. The van der Waals surface area contributed by atoms with Gasteiger partial charge in [0.25, 0.3) is 5.95 Å². The highest BCUT2D eigenvalue weighted by molar-refractivity contribution is 5.31. The number of halogens is 1. The van der Waals surface area contributed by atoms with Crippen LogP contribution in [0.5, 0.6) is 5.75 Å². The van der Waals surface area contributed by atoms with Gasteiger partial charge in [-0.2, -0.15) is 4.39 Å². The topological polar surface area (TPSA) is 22.1 Å². The Morgan fingerprint density at radius 1 is 1.62 bits per heavy atom. The molecule has 2 nitrogen and oxygen atoms in total. The van der Waals surface area contributed by atoms with Crippen LogP contribution < -0.4 is 4.74 Å². The summed E-state index contributed by atoms with van der Waals surface area (Å²) >= 11 is 0. The van der Waals surface area contributed by atoms with Crippen LogP contribution in [0.3, 0.4) is 0 Å². The zero-order valence-electron chi connectivity index (χ0n) is 7.59. The molecule has 1 heterocycles. The van der Waals surface area contributed by atoms with Gasteiger partial charge in [0.05, 0.1) is 6.10 Å². The van der Waals surface area contributed by atoms with Crippen LogP contribution in [-0.4, -0.2) is 11.1 Å². The van der Waals surface area contributed by atoms with Crippen LogP contribution in [0.4, 0.5) is 4.39 Å². The van der Waals surface area contributed by atoms with E-state index in [1.165, 1.54) is 6.20 Å². The van der Waals surface area contributed by atoms with E-state index in [-0.39, 0.29) is 6.10 Å². The van der Waals surface area contributed by atoms with Crippen LogP contribution in [0.15, 0.2) is 12.3 Å². The monoisotopic (exact) mass is 181 g/mol. The number of nitrogens with zero attached hydrogens (tertiary/aromatic N) is 1. The van der Waals surface area contributed by atoms with Crippen molar-refractivity contribution < 1.29 is 9.13 Å². The van der Waals surface area contributed by atoms with E-state index >= 15 is 0 Å². The van der Waals surface area contributed by atoms with Gasteiger partial charge in [-0.15, -0.1) is 0 Å². The maximum absolute atomic E-state index is 13.2. The fourth-order valence-electron chi connectivity index (χ4n) is 1.21. The standard InChI is InChI=1S/C10H12FNO/c1-2-7-5-6-12-10(11)9(7)13-8-3-4-8/h5-6,8H,2-4H2,1H3. The summed E-state index contributed by atoms with van der Waals surface area (Å²) in [6.45, 7) is 1.98. The number of rotatable bonds is 3. The highest BCUT2D eigenvalue weighted by Crippen LogP contribution is 2.30. The maximum Gasteiger partial charge on any atom is 0.255 e. The predicted octanol–water partition coefficient (Wildman–Crippen LogP) is 2.32. The largest absolute Gasteiger partial charge is 0.485 e. The van der Waals surface area contributed by atoms with Gasteiger partial charge in [0.2, 0.25) is 0 Å². The van der Waals surface area contributed by atoms with E-state index in [1.54, 1.807) is 6.07 Å². The first-order chi connectivity index (χ1) is 6.31. The van der Waals surface area contributed by atoms with Gasteiger partial charge in [0.1, 0.15) is 0 Å². The number of pyridine rings is 1. The van der Waals surface area contributed by atoms with Gasteiger partial charge in [0.15, 0.2) is 5.75 Å². The second-order valence-corrected chi connectivity index (χ2v) is 3.26. The lowest BCUT2D eigenvalue weighted by Gasteiger charge is -2.08. The van der Waals surface area contributed by atoms with Crippen molar-refractivity contribution in [2.75, 3.05) is 0 Å². The second kappa shape index (κ2) is 3.32. The van der Waals surface area contributed by atoms with E-state index in [0.717, 1.165) is 24.8 Å². The molecule has 0 spiro atoms. The molecule has 1 aliphatic carbocycles. The smallest absolute Gasteiger partial charge is 0.255 e. The normalized spacial score (nSPS) is 15.8. The highest BCUT2D eigenvalue weighted by atomic mass is 19.1. The zero-order chi connectivity index (χ0) is 9.26. The summed E-state index contributed by atoms with van der Waals surface area (Å²) < 4.78 is 18.6. The molecule has 1 aliphatic rings. The highest BCUT2D eigenvalue weighted by Gasteiger charge is 2.26. The molecule has 0 bridgehead atoms. The average molecular weight is 181 g/mol. The molecule has 70 valence electrons. The molecule has 0 saturated heterocycles. The van der Waals surface area contributed by atoms with Crippen LogP contribution in [0.2, 0.25) is 0 Å². The minimum atomic E-state index is -0.480. The Morgan fingerprint density at radius 2 is 2.38 bits per heavy atom. The quantitative estimate of drug-likeness (QED) is 0.667. The summed E-state index contributed by atoms with van der Waals surface area (Å²) in [5.41, 5.74) is 0.902. The van der Waals surface area contributed by atoms with Gasteiger partial charge in [-0.25, -0.2) is 4.98 Å². The number of ether oxygens (including phenoxy) is 1. The number of aromatic nitrogens is 1. The molecule has 1 fully saturated rings.